The van der Waals surface area contributed by atoms with Crippen LogP contribution in [0.4, 0.5) is 0 Å². The predicted molar refractivity (Wildman–Crippen MR) is 94.3 cm³/mol. The fraction of sp³-hybridized carbons (Fsp3) is 0.611. The summed E-state index contributed by atoms with van der Waals surface area (Å²) in [5, 5.41) is 9.08. The van der Waals surface area contributed by atoms with Crippen LogP contribution in [-0.2, 0) is 6.42 Å². The molecule has 0 unspecified atom stereocenters. The van der Waals surface area contributed by atoms with Crippen molar-refractivity contribution in [2.75, 3.05) is 19.6 Å². The molecule has 1 amide bonds. The Hall–Kier alpha value is -1.95. The molecule has 1 rings (SSSR count). The third-order valence-electron chi connectivity index (χ3n) is 4.02. The smallest absolute Gasteiger partial charge is 0.337 e. The van der Waals surface area contributed by atoms with Crippen molar-refractivity contribution in [3.8, 4) is 0 Å². The number of hydrogen-bond acceptors (Lipinski definition) is 4. The molecule has 0 aromatic carbocycles. The number of carboxylic acid groups (broad SMARTS) is 1. The molecule has 0 radical (unpaired) electrons. The Bertz CT molecular complexity index is 538. The van der Waals surface area contributed by atoms with Crippen molar-refractivity contribution in [3.05, 3.63) is 29.1 Å². The maximum Gasteiger partial charge on any atom is 0.337 e. The number of aromatic carboxylic acids is 1. The first-order valence-corrected chi connectivity index (χ1v) is 8.73. The standard InChI is InChI=1S/C18H29N3O3/c1-3-5-9-21(10-6-4-2)11-7-8-14-12-15(18(23)24)13-20-16(14)17(19)22/h12-13H,3-11H2,1-2H3,(H2,19,22)(H,23,24). The number of aryl methyl sites for hydroxylation is 1. The Morgan fingerprint density at radius 2 is 1.71 bits per heavy atom. The SMILES string of the molecule is CCCCN(CCCC)CCCc1cc(C(=O)O)cnc1C(N)=O. The molecule has 0 bridgehead atoms. The molecule has 0 spiro atoms. The first-order chi connectivity index (χ1) is 11.5. The van der Waals surface area contributed by atoms with E-state index < -0.39 is 11.9 Å². The van der Waals surface area contributed by atoms with Gasteiger partial charge in [-0.1, -0.05) is 26.7 Å². The van der Waals surface area contributed by atoms with Gasteiger partial charge in [-0.2, -0.15) is 0 Å². The topological polar surface area (TPSA) is 96.5 Å². The minimum atomic E-state index is -1.05. The van der Waals surface area contributed by atoms with Crippen LogP contribution in [0.25, 0.3) is 0 Å². The summed E-state index contributed by atoms with van der Waals surface area (Å²) in [6, 6.07) is 1.51. The fourth-order valence-electron chi connectivity index (χ4n) is 2.63. The number of carbonyl (C=O) groups is 2. The molecular formula is C18H29N3O3. The highest BCUT2D eigenvalue weighted by Gasteiger charge is 2.14. The van der Waals surface area contributed by atoms with Gasteiger partial charge in [0.25, 0.3) is 5.91 Å². The molecule has 0 saturated carbocycles. The summed E-state index contributed by atoms with van der Waals surface area (Å²) in [5.74, 6) is -1.66. The first kappa shape index (κ1) is 20.1. The van der Waals surface area contributed by atoms with Crippen LogP contribution in [0.15, 0.2) is 12.3 Å². The Kier molecular flexibility index (Phi) is 9.01. The highest BCUT2D eigenvalue weighted by Crippen LogP contribution is 2.12. The van der Waals surface area contributed by atoms with Gasteiger partial charge in [0.15, 0.2) is 0 Å². The zero-order chi connectivity index (χ0) is 17.9. The quantitative estimate of drug-likeness (QED) is 0.612. The number of aromatic nitrogens is 1. The van der Waals surface area contributed by atoms with Crippen LogP contribution >= 0.6 is 0 Å². The van der Waals surface area contributed by atoms with E-state index in [2.05, 4.69) is 23.7 Å². The van der Waals surface area contributed by atoms with Crippen molar-refractivity contribution in [3.63, 3.8) is 0 Å². The zero-order valence-corrected chi connectivity index (χ0v) is 14.8. The minimum Gasteiger partial charge on any atom is -0.478 e. The van der Waals surface area contributed by atoms with E-state index in [9.17, 15) is 9.59 Å². The summed E-state index contributed by atoms with van der Waals surface area (Å²) in [6.45, 7) is 7.44. The molecule has 1 aromatic rings. The van der Waals surface area contributed by atoms with E-state index in [0.717, 1.165) is 26.1 Å². The van der Waals surface area contributed by atoms with Gasteiger partial charge in [0.2, 0.25) is 0 Å². The molecule has 0 aliphatic heterocycles. The largest absolute Gasteiger partial charge is 0.478 e. The van der Waals surface area contributed by atoms with Crippen LogP contribution in [0.2, 0.25) is 0 Å². The van der Waals surface area contributed by atoms with Crippen LogP contribution in [0, 0.1) is 0 Å². The normalized spacial score (nSPS) is 11.0. The third kappa shape index (κ3) is 6.66. The zero-order valence-electron chi connectivity index (χ0n) is 14.8. The van der Waals surface area contributed by atoms with E-state index in [-0.39, 0.29) is 11.3 Å². The molecule has 0 atom stereocenters. The lowest BCUT2D eigenvalue weighted by atomic mass is 10.0. The number of pyridine rings is 1. The molecule has 0 aliphatic carbocycles. The Morgan fingerprint density at radius 1 is 1.12 bits per heavy atom. The monoisotopic (exact) mass is 335 g/mol. The van der Waals surface area contributed by atoms with Gasteiger partial charge >= 0.3 is 5.97 Å². The van der Waals surface area contributed by atoms with Gasteiger partial charge in [-0.25, -0.2) is 9.78 Å². The summed E-state index contributed by atoms with van der Waals surface area (Å²) in [5.41, 5.74) is 6.22. The molecule has 1 aromatic heterocycles. The molecule has 6 heteroatoms. The second kappa shape index (κ2) is 10.8. The number of primary amides is 1. The first-order valence-electron chi connectivity index (χ1n) is 8.73. The van der Waals surface area contributed by atoms with Gasteiger partial charge in [-0.3, -0.25) is 4.79 Å². The van der Waals surface area contributed by atoms with Crippen LogP contribution in [0.3, 0.4) is 0 Å². The number of carboxylic acids is 1. The highest BCUT2D eigenvalue weighted by atomic mass is 16.4. The van der Waals surface area contributed by atoms with Gasteiger partial charge < -0.3 is 15.7 Å². The van der Waals surface area contributed by atoms with Crippen molar-refractivity contribution < 1.29 is 14.7 Å². The molecule has 3 N–H and O–H groups in total. The van der Waals surface area contributed by atoms with Crippen LogP contribution in [-0.4, -0.2) is 46.5 Å². The second-order valence-electron chi connectivity index (χ2n) is 6.05. The number of rotatable bonds is 12. The summed E-state index contributed by atoms with van der Waals surface area (Å²) in [6.07, 6.45) is 7.30. The highest BCUT2D eigenvalue weighted by molar-refractivity contribution is 5.94. The van der Waals surface area contributed by atoms with Gasteiger partial charge in [0, 0.05) is 6.20 Å². The number of nitrogens with two attached hydrogens (primary N) is 1. The Morgan fingerprint density at radius 3 is 2.21 bits per heavy atom. The second-order valence-corrected chi connectivity index (χ2v) is 6.05. The molecule has 0 saturated heterocycles. The van der Waals surface area contributed by atoms with E-state index in [1.807, 2.05) is 0 Å². The molecule has 134 valence electrons. The molecule has 24 heavy (non-hydrogen) atoms. The van der Waals surface area contributed by atoms with E-state index in [1.54, 1.807) is 0 Å². The van der Waals surface area contributed by atoms with Gasteiger partial charge in [-0.05, 0) is 56.9 Å². The fourth-order valence-corrected chi connectivity index (χ4v) is 2.63. The van der Waals surface area contributed by atoms with Gasteiger partial charge in [0.05, 0.1) is 5.56 Å². The Balaban J connectivity index is 2.71. The maximum absolute atomic E-state index is 11.5. The van der Waals surface area contributed by atoms with E-state index >= 15 is 0 Å². The van der Waals surface area contributed by atoms with Crippen LogP contribution < -0.4 is 5.73 Å². The summed E-state index contributed by atoms with van der Waals surface area (Å²) in [7, 11) is 0. The molecule has 0 fully saturated rings. The van der Waals surface area contributed by atoms with Gasteiger partial charge in [-0.15, -0.1) is 0 Å². The van der Waals surface area contributed by atoms with E-state index in [4.69, 9.17) is 10.8 Å². The van der Waals surface area contributed by atoms with Crippen LogP contribution in [0.5, 0.6) is 0 Å². The van der Waals surface area contributed by atoms with Crippen LogP contribution in [0.1, 0.15) is 72.4 Å². The summed E-state index contributed by atoms with van der Waals surface area (Å²) >= 11 is 0. The number of hydrogen-bond donors (Lipinski definition) is 2. The molecular weight excluding hydrogens is 306 g/mol. The molecule has 0 aliphatic rings. The van der Waals surface area contributed by atoms with Crippen molar-refractivity contribution >= 4 is 11.9 Å². The van der Waals surface area contributed by atoms with E-state index in [1.165, 1.54) is 37.9 Å². The van der Waals surface area contributed by atoms with Gasteiger partial charge in [0.1, 0.15) is 5.69 Å². The lowest BCUT2D eigenvalue weighted by molar-refractivity contribution is 0.0695. The average Bonchev–Trinajstić information content (AvgIpc) is 2.56. The number of carbonyl (C=O) groups excluding carboxylic acids is 1. The lowest BCUT2D eigenvalue weighted by Gasteiger charge is -2.22. The van der Waals surface area contributed by atoms with Crippen molar-refractivity contribution in [1.29, 1.82) is 0 Å². The number of unbranched alkanes of at least 4 members (excludes halogenated alkanes) is 2. The lowest BCUT2D eigenvalue weighted by Crippen LogP contribution is -2.27. The van der Waals surface area contributed by atoms with Crippen molar-refractivity contribution in [2.24, 2.45) is 5.73 Å². The maximum atomic E-state index is 11.5. The number of nitrogens with zero attached hydrogens (tertiary/aromatic N) is 2. The van der Waals surface area contributed by atoms with Crippen molar-refractivity contribution in [1.82, 2.24) is 9.88 Å². The molecule has 6 nitrogen and oxygen atoms in total. The molecule has 1 heterocycles. The third-order valence-corrected chi connectivity index (χ3v) is 4.02. The predicted octanol–water partition coefficient (Wildman–Crippen LogP) is 2.71. The Labute approximate surface area is 144 Å². The summed E-state index contributed by atoms with van der Waals surface area (Å²) < 4.78 is 0. The van der Waals surface area contributed by atoms with Crippen molar-refractivity contribution in [2.45, 2.75) is 52.4 Å². The van der Waals surface area contributed by atoms with E-state index in [0.29, 0.717) is 12.0 Å². The average molecular weight is 335 g/mol. The minimum absolute atomic E-state index is 0.0869. The number of amides is 1. The summed E-state index contributed by atoms with van der Waals surface area (Å²) in [4.78, 5) is 28.9.